The van der Waals surface area contributed by atoms with E-state index >= 15 is 0 Å². The third-order valence-corrected chi connectivity index (χ3v) is 3.79. The van der Waals surface area contributed by atoms with Crippen LogP contribution in [-0.4, -0.2) is 11.5 Å². The lowest BCUT2D eigenvalue weighted by molar-refractivity contribution is 0.507. The molecular weight excluding hydrogens is 236 g/mol. The lowest BCUT2D eigenvalue weighted by atomic mass is 9.92. The molecule has 0 fully saturated rings. The summed E-state index contributed by atoms with van der Waals surface area (Å²) in [5.41, 5.74) is 12.8. The van der Waals surface area contributed by atoms with E-state index in [2.05, 4.69) is 38.7 Å². The summed E-state index contributed by atoms with van der Waals surface area (Å²) in [6, 6.07) is 2.22. The second-order valence-electron chi connectivity index (χ2n) is 5.20. The minimum Gasteiger partial charge on any atom is -0.440 e. The van der Waals surface area contributed by atoms with E-state index in [4.69, 9.17) is 10.2 Å². The maximum atomic E-state index is 5.92. The van der Waals surface area contributed by atoms with E-state index in [1.807, 2.05) is 6.92 Å². The van der Waals surface area contributed by atoms with Crippen LogP contribution < -0.4 is 5.73 Å². The van der Waals surface area contributed by atoms with Crippen LogP contribution in [0.1, 0.15) is 33.8 Å². The Bertz CT molecular complexity index is 585. The number of nitrogens with two attached hydrogens (primary N) is 1. The van der Waals surface area contributed by atoms with Crippen molar-refractivity contribution in [1.82, 2.24) is 4.98 Å². The molecule has 0 aliphatic rings. The zero-order valence-electron chi connectivity index (χ0n) is 12.4. The average molecular weight is 258 g/mol. The molecule has 0 saturated heterocycles. The van der Waals surface area contributed by atoms with Crippen LogP contribution in [0.4, 0.5) is 0 Å². The molecule has 0 amide bonds. The van der Waals surface area contributed by atoms with Crippen LogP contribution in [0, 0.1) is 34.6 Å². The summed E-state index contributed by atoms with van der Waals surface area (Å²) >= 11 is 0. The Labute approximate surface area is 114 Å². The first-order valence-corrected chi connectivity index (χ1v) is 6.69. The molecule has 1 heterocycles. The number of aromatic nitrogens is 1. The molecule has 0 aliphatic carbocycles. The molecule has 0 spiro atoms. The van der Waals surface area contributed by atoms with Gasteiger partial charge in [-0.15, -0.1) is 0 Å². The number of benzene rings is 1. The van der Waals surface area contributed by atoms with Gasteiger partial charge in [0.1, 0.15) is 0 Å². The second kappa shape index (κ2) is 5.17. The summed E-state index contributed by atoms with van der Waals surface area (Å²) in [6.45, 7) is 11.1. The molecule has 0 atom stereocenters. The van der Waals surface area contributed by atoms with Crippen molar-refractivity contribution in [1.29, 1.82) is 0 Å². The number of hydrogen-bond acceptors (Lipinski definition) is 3. The normalized spacial score (nSPS) is 11.1. The first kappa shape index (κ1) is 13.8. The van der Waals surface area contributed by atoms with Crippen molar-refractivity contribution in [3.63, 3.8) is 0 Å². The van der Waals surface area contributed by atoms with Gasteiger partial charge in [-0.05, 0) is 56.9 Å². The molecule has 2 aromatic rings. The molecule has 2 rings (SSSR count). The first-order chi connectivity index (χ1) is 8.95. The predicted molar refractivity (Wildman–Crippen MR) is 78.4 cm³/mol. The number of hydrogen-bond donors (Lipinski definition) is 1. The fourth-order valence-electron chi connectivity index (χ4n) is 2.47. The fourth-order valence-corrected chi connectivity index (χ4v) is 2.47. The van der Waals surface area contributed by atoms with E-state index in [-0.39, 0.29) is 0 Å². The van der Waals surface area contributed by atoms with Crippen molar-refractivity contribution >= 4 is 0 Å². The third-order valence-electron chi connectivity index (χ3n) is 3.79. The number of oxazole rings is 1. The van der Waals surface area contributed by atoms with Gasteiger partial charge >= 0.3 is 0 Å². The first-order valence-electron chi connectivity index (χ1n) is 6.69. The largest absolute Gasteiger partial charge is 0.440 e. The van der Waals surface area contributed by atoms with Crippen LogP contribution in [-0.2, 0) is 6.42 Å². The van der Waals surface area contributed by atoms with E-state index in [1.165, 1.54) is 27.8 Å². The summed E-state index contributed by atoms with van der Waals surface area (Å²) in [5, 5.41) is 0. The summed E-state index contributed by atoms with van der Waals surface area (Å²) < 4.78 is 5.92. The maximum absolute atomic E-state index is 5.92. The molecule has 0 bridgehead atoms. The standard InChI is InChI=1S/C16H22N2O/c1-9-8-10(2)12(4)15(11(9)3)16-13(5)18-14(19-16)6-7-17/h8H,6-7,17H2,1-5H3. The Morgan fingerprint density at radius 1 is 1.05 bits per heavy atom. The molecule has 1 aromatic heterocycles. The molecule has 0 radical (unpaired) electrons. The highest BCUT2D eigenvalue weighted by atomic mass is 16.4. The van der Waals surface area contributed by atoms with Gasteiger partial charge < -0.3 is 10.2 Å². The van der Waals surface area contributed by atoms with Crippen LogP contribution in [0.15, 0.2) is 10.5 Å². The van der Waals surface area contributed by atoms with Crippen molar-refractivity contribution in [2.75, 3.05) is 6.54 Å². The highest BCUT2D eigenvalue weighted by Gasteiger charge is 2.17. The molecule has 3 nitrogen and oxygen atoms in total. The van der Waals surface area contributed by atoms with E-state index in [0.717, 1.165) is 17.3 Å². The summed E-state index contributed by atoms with van der Waals surface area (Å²) in [6.07, 6.45) is 0.684. The number of nitrogens with zero attached hydrogens (tertiary/aromatic N) is 1. The van der Waals surface area contributed by atoms with Crippen molar-refractivity contribution in [3.8, 4) is 11.3 Å². The molecule has 19 heavy (non-hydrogen) atoms. The van der Waals surface area contributed by atoms with Gasteiger partial charge in [0.25, 0.3) is 0 Å². The highest BCUT2D eigenvalue weighted by molar-refractivity contribution is 5.71. The van der Waals surface area contributed by atoms with Crippen molar-refractivity contribution in [3.05, 3.63) is 39.9 Å². The van der Waals surface area contributed by atoms with Gasteiger partial charge in [0.15, 0.2) is 11.7 Å². The Morgan fingerprint density at radius 2 is 1.63 bits per heavy atom. The Morgan fingerprint density at radius 3 is 2.16 bits per heavy atom. The fraction of sp³-hybridized carbons (Fsp3) is 0.438. The minimum atomic E-state index is 0.560. The van der Waals surface area contributed by atoms with Gasteiger partial charge in [-0.25, -0.2) is 4.98 Å². The molecule has 3 heteroatoms. The van der Waals surface area contributed by atoms with Crippen molar-refractivity contribution < 1.29 is 4.42 Å². The van der Waals surface area contributed by atoms with Crippen LogP contribution in [0.25, 0.3) is 11.3 Å². The lowest BCUT2D eigenvalue weighted by Crippen LogP contribution is -2.02. The molecule has 2 N–H and O–H groups in total. The summed E-state index contributed by atoms with van der Waals surface area (Å²) in [4.78, 5) is 4.47. The number of rotatable bonds is 3. The second-order valence-corrected chi connectivity index (χ2v) is 5.20. The maximum Gasteiger partial charge on any atom is 0.196 e. The van der Waals surface area contributed by atoms with Crippen LogP contribution in [0.3, 0.4) is 0 Å². The van der Waals surface area contributed by atoms with E-state index < -0.39 is 0 Å². The minimum absolute atomic E-state index is 0.560. The molecule has 0 unspecified atom stereocenters. The zero-order valence-corrected chi connectivity index (χ0v) is 12.4. The Balaban J connectivity index is 2.65. The number of aryl methyl sites for hydroxylation is 3. The molecule has 1 aromatic carbocycles. The SMILES string of the molecule is Cc1cc(C)c(C)c(-c2oc(CCN)nc2C)c1C. The zero-order chi connectivity index (χ0) is 14.2. The van der Waals surface area contributed by atoms with E-state index in [0.29, 0.717) is 13.0 Å². The topological polar surface area (TPSA) is 52.0 Å². The van der Waals surface area contributed by atoms with Gasteiger partial charge in [0.05, 0.1) is 5.69 Å². The summed E-state index contributed by atoms with van der Waals surface area (Å²) in [5.74, 6) is 1.62. The molecule has 102 valence electrons. The smallest absolute Gasteiger partial charge is 0.196 e. The van der Waals surface area contributed by atoms with Gasteiger partial charge in [0.2, 0.25) is 0 Å². The van der Waals surface area contributed by atoms with Crippen LogP contribution in [0.5, 0.6) is 0 Å². The van der Waals surface area contributed by atoms with Gasteiger partial charge in [-0.2, -0.15) is 0 Å². The molecule has 0 saturated carbocycles. The van der Waals surface area contributed by atoms with Gasteiger partial charge in [0, 0.05) is 18.5 Å². The average Bonchev–Trinajstić information content (AvgIpc) is 2.69. The van der Waals surface area contributed by atoms with Crippen molar-refractivity contribution in [2.45, 2.75) is 41.0 Å². The van der Waals surface area contributed by atoms with Crippen molar-refractivity contribution in [2.24, 2.45) is 5.73 Å². The quantitative estimate of drug-likeness (QED) is 0.918. The Hall–Kier alpha value is -1.61. The highest BCUT2D eigenvalue weighted by Crippen LogP contribution is 2.34. The van der Waals surface area contributed by atoms with Crippen LogP contribution >= 0.6 is 0 Å². The molecule has 0 aliphatic heterocycles. The van der Waals surface area contributed by atoms with E-state index in [1.54, 1.807) is 0 Å². The summed E-state index contributed by atoms with van der Waals surface area (Å²) in [7, 11) is 0. The van der Waals surface area contributed by atoms with Gasteiger partial charge in [-0.1, -0.05) is 6.07 Å². The Kier molecular flexibility index (Phi) is 3.76. The third kappa shape index (κ3) is 2.43. The predicted octanol–water partition coefficient (Wildman–Crippen LogP) is 3.38. The lowest BCUT2D eigenvalue weighted by Gasteiger charge is -2.13. The molecular formula is C16H22N2O. The van der Waals surface area contributed by atoms with Crippen LogP contribution in [0.2, 0.25) is 0 Å². The van der Waals surface area contributed by atoms with E-state index in [9.17, 15) is 0 Å². The monoisotopic (exact) mass is 258 g/mol. The van der Waals surface area contributed by atoms with Gasteiger partial charge in [-0.3, -0.25) is 0 Å².